The van der Waals surface area contributed by atoms with Gasteiger partial charge in [-0.25, -0.2) is 0 Å². The van der Waals surface area contributed by atoms with Crippen molar-refractivity contribution < 1.29 is 4.79 Å². The van der Waals surface area contributed by atoms with Crippen LogP contribution in [0.15, 0.2) is 22.7 Å². The van der Waals surface area contributed by atoms with Crippen molar-refractivity contribution in [1.29, 1.82) is 0 Å². The molecule has 0 heterocycles. The fourth-order valence-electron chi connectivity index (χ4n) is 1.67. The van der Waals surface area contributed by atoms with E-state index < -0.39 is 0 Å². The molecule has 0 N–H and O–H groups in total. The van der Waals surface area contributed by atoms with Crippen LogP contribution in [0.25, 0.3) is 0 Å². The van der Waals surface area contributed by atoms with Crippen LogP contribution < -0.4 is 0 Å². The van der Waals surface area contributed by atoms with E-state index in [0.29, 0.717) is 5.88 Å². The zero-order chi connectivity index (χ0) is 13.5. The largest absolute Gasteiger partial charge is 0.342 e. The number of carbonyl (C=O) groups excluding carboxylic acids is 1. The van der Waals surface area contributed by atoms with Crippen molar-refractivity contribution in [2.45, 2.75) is 26.2 Å². The van der Waals surface area contributed by atoms with Gasteiger partial charge in [-0.15, -0.1) is 11.6 Å². The molecule has 0 saturated carbocycles. The van der Waals surface area contributed by atoms with E-state index in [0.717, 1.165) is 41.4 Å². The highest BCUT2D eigenvalue weighted by molar-refractivity contribution is 9.10. The maximum atomic E-state index is 12.2. The van der Waals surface area contributed by atoms with Crippen molar-refractivity contribution in [1.82, 2.24) is 4.90 Å². The first-order valence-electron chi connectivity index (χ1n) is 6.14. The third-order valence-electron chi connectivity index (χ3n) is 2.89. The van der Waals surface area contributed by atoms with E-state index >= 15 is 0 Å². The summed E-state index contributed by atoms with van der Waals surface area (Å²) in [5.74, 6) is 0.768. The van der Waals surface area contributed by atoms with Crippen molar-refractivity contribution in [3.63, 3.8) is 0 Å². The number of hydrogen-bond donors (Lipinski definition) is 0. The molecule has 1 rings (SSSR count). The van der Waals surface area contributed by atoms with Crippen LogP contribution in [0.5, 0.6) is 0 Å². The minimum atomic E-state index is 0.0709. The Morgan fingerprint density at radius 3 is 2.67 bits per heavy atom. The van der Waals surface area contributed by atoms with Crippen LogP contribution in [-0.2, 0) is 0 Å². The molecule has 0 aliphatic carbocycles. The van der Waals surface area contributed by atoms with E-state index in [2.05, 4.69) is 15.9 Å². The molecule has 0 aromatic heterocycles. The molecule has 0 fully saturated rings. The maximum absolute atomic E-state index is 12.2. The van der Waals surface area contributed by atoms with Gasteiger partial charge >= 0.3 is 0 Å². The van der Waals surface area contributed by atoms with Crippen molar-refractivity contribution in [3.05, 3.63) is 33.8 Å². The fourth-order valence-corrected chi connectivity index (χ4v) is 2.24. The lowest BCUT2D eigenvalue weighted by Crippen LogP contribution is -2.27. The minimum Gasteiger partial charge on any atom is -0.342 e. The number of rotatable bonds is 6. The molecule has 0 atom stereocenters. The summed E-state index contributed by atoms with van der Waals surface area (Å²) in [6.45, 7) is 2.79. The molecule has 0 radical (unpaired) electrons. The monoisotopic (exact) mass is 331 g/mol. The predicted molar refractivity (Wildman–Crippen MR) is 80.4 cm³/mol. The molecular weight excluding hydrogens is 314 g/mol. The summed E-state index contributed by atoms with van der Waals surface area (Å²) in [6.07, 6.45) is 3.08. The highest BCUT2D eigenvalue weighted by atomic mass is 79.9. The number of benzene rings is 1. The standard InChI is InChI=1S/C14H19BrClNO/c1-11-6-7-12(10-13(11)15)14(18)17(2)9-5-3-4-8-16/h6-7,10H,3-5,8-9H2,1-2H3. The third-order valence-corrected chi connectivity index (χ3v) is 4.01. The van der Waals surface area contributed by atoms with Crippen LogP contribution in [0.4, 0.5) is 0 Å². The topological polar surface area (TPSA) is 20.3 Å². The Morgan fingerprint density at radius 2 is 2.06 bits per heavy atom. The van der Waals surface area contributed by atoms with Gasteiger partial charge in [0, 0.05) is 29.5 Å². The van der Waals surface area contributed by atoms with Crippen molar-refractivity contribution >= 4 is 33.4 Å². The first kappa shape index (κ1) is 15.5. The lowest BCUT2D eigenvalue weighted by molar-refractivity contribution is 0.0792. The molecule has 18 heavy (non-hydrogen) atoms. The van der Waals surface area contributed by atoms with Crippen LogP contribution in [0.2, 0.25) is 0 Å². The van der Waals surface area contributed by atoms with Gasteiger partial charge in [0.2, 0.25) is 0 Å². The molecule has 0 spiro atoms. The number of nitrogens with zero attached hydrogens (tertiary/aromatic N) is 1. The molecule has 0 unspecified atom stereocenters. The number of aryl methyl sites for hydroxylation is 1. The van der Waals surface area contributed by atoms with Gasteiger partial charge in [-0.05, 0) is 37.5 Å². The number of amides is 1. The predicted octanol–water partition coefficient (Wildman–Crippen LogP) is 4.24. The Bertz CT molecular complexity index is 409. The summed E-state index contributed by atoms with van der Waals surface area (Å²) < 4.78 is 0.976. The summed E-state index contributed by atoms with van der Waals surface area (Å²) in [5, 5.41) is 0. The zero-order valence-electron chi connectivity index (χ0n) is 10.9. The lowest BCUT2D eigenvalue weighted by atomic mass is 10.1. The van der Waals surface area contributed by atoms with Crippen LogP contribution in [0.1, 0.15) is 35.2 Å². The highest BCUT2D eigenvalue weighted by Gasteiger charge is 2.11. The number of alkyl halides is 1. The van der Waals surface area contributed by atoms with Gasteiger partial charge in [0.1, 0.15) is 0 Å². The van der Waals surface area contributed by atoms with Gasteiger partial charge in [0.05, 0.1) is 0 Å². The van der Waals surface area contributed by atoms with E-state index in [1.807, 2.05) is 32.2 Å². The summed E-state index contributed by atoms with van der Waals surface area (Å²) in [4.78, 5) is 13.9. The lowest BCUT2D eigenvalue weighted by Gasteiger charge is -2.17. The Hall–Kier alpha value is -0.540. The van der Waals surface area contributed by atoms with Crippen LogP contribution in [0.3, 0.4) is 0 Å². The number of carbonyl (C=O) groups is 1. The summed E-state index contributed by atoms with van der Waals surface area (Å²) >= 11 is 9.07. The molecule has 4 heteroatoms. The smallest absolute Gasteiger partial charge is 0.253 e. The number of hydrogen-bond acceptors (Lipinski definition) is 1. The van der Waals surface area contributed by atoms with E-state index in [-0.39, 0.29) is 5.91 Å². The van der Waals surface area contributed by atoms with Crippen molar-refractivity contribution in [3.8, 4) is 0 Å². The Labute approximate surface area is 122 Å². The van der Waals surface area contributed by atoms with E-state index in [9.17, 15) is 4.79 Å². The normalized spacial score (nSPS) is 10.4. The van der Waals surface area contributed by atoms with Gasteiger partial charge < -0.3 is 4.90 Å². The summed E-state index contributed by atoms with van der Waals surface area (Å²) in [7, 11) is 1.84. The number of unbranched alkanes of at least 4 members (excludes halogenated alkanes) is 2. The SMILES string of the molecule is Cc1ccc(C(=O)N(C)CCCCCCl)cc1Br. The van der Waals surface area contributed by atoms with E-state index in [4.69, 9.17) is 11.6 Å². The van der Waals surface area contributed by atoms with Gasteiger partial charge in [-0.1, -0.05) is 28.4 Å². The average Bonchev–Trinajstić information content (AvgIpc) is 2.37. The van der Waals surface area contributed by atoms with Gasteiger partial charge in [0.25, 0.3) is 5.91 Å². The molecule has 100 valence electrons. The third kappa shape index (κ3) is 4.62. The van der Waals surface area contributed by atoms with Gasteiger partial charge in [0.15, 0.2) is 0 Å². The number of halogens is 2. The molecule has 0 aliphatic heterocycles. The quantitative estimate of drug-likeness (QED) is 0.563. The molecule has 0 saturated heterocycles. The van der Waals surface area contributed by atoms with E-state index in [1.54, 1.807) is 4.90 Å². The molecule has 1 amide bonds. The minimum absolute atomic E-state index is 0.0709. The fraction of sp³-hybridized carbons (Fsp3) is 0.500. The van der Waals surface area contributed by atoms with Crippen LogP contribution in [-0.4, -0.2) is 30.3 Å². The van der Waals surface area contributed by atoms with Crippen LogP contribution in [0, 0.1) is 6.92 Å². The molecule has 0 bridgehead atoms. The maximum Gasteiger partial charge on any atom is 0.253 e. The summed E-state index contributed by atoms with van der Waals surface area (Å²) in [6, 6.07) is 5.71. The molecular formula is C14H19BrClNO. The Kier molecular flexibility index (Phi) is 6.72. The second-order valence-electron chi connectivity index (χ2n) is 4.44. The molecule has 0 aliphatic rings. The highest BCUT2D eigenvalue weighted by Crippen LogP contribution is 2.18. The van der Waals surface area contributed by atoms with Crippen molar-refractivity contribution in [2.24, 2.45) is 0 Å². The zero-order valence-corrected chi connectivity index (χ0v) is 13.2. The van der Waals surface area contributed by atoms with Gasteiger partial charge in [-0.2, -0.15) is 0 Å². The Balaban J connectivity index is 2.54. The second kappa shape index (κ2) is 7.80. The van der Waals surface area contributed by atoms with Gasteiger partial charge in [-0.3, -0.25) is 4.79 Å². The first-order valence-corrected chi connectivity index (χ1v) is 7.46. The molecule has 1 aromatic carbocycles. The average molecular weight is 333 g/mol. The second-order valence-corrected chi connectivity index (χ2v) is 5.67. The summed E-state index contributed by atoms with van der Waals surface area (Å²) in [5.41, 5.74) is 1.86. The van der Waals surface area contributed by atoms with Crippen molar-refractivity contribution in [2.75, 3.05) is 19.5 Å². The van der Waals surface area contributed by atoms with E-state index in [1.165, 1.54) is 0 Å². The van der Waals surface area contributed by atoms with Crippen LogP contribution >= 0.6 is 27.5 Å². The molecule has 2 nitrogen and oxygen atoms in total. The molecule has 1 aromatic rings. The first-order chi connectivity index (χ1) is 8.56. The Morgan fingerprint density at radius 1 is 1.33 bits per heavy atom.